The van der Waals surface area contributed by atoms with E-state index >= 15 is 0 Å². The van der Waals surface area contributed by atoms with Crippen molar-refractivity contribution in [3.05, 3.63) is 42.0 Å². The van der Waals surface area contributed by atoms with Crippen molar-refractivity contribution in [1.82, 2.24) is 0 Å². The van der Waals surface area contributed by atoms with E-state index in [4.69, 9.17) is 0 Å². The first-order chi connectivity index (χ1) is 7.70. The van der Waals surface area contributed by atoms with E-state index in [-0.39, 0.29) is 0 Å². The summed E-state index contributed by atoms with van der Waals surface area (Å²) in [6, 6.07) is 7.57. The van der Waals surface area contributed by atoms with Gasteiger partial charge in [0.1, 0.15) is 0 Å². The van der Waals surface area contributed by atoms with Gasteiger partial charge in [0.2, 0.25) is 0 Å². The fraction of sp³-hybridized carbons (Fsp3) is 0.357. The van der Waals surface area contributed by atoms with Gasteiger partial charge < -0.3 is 5.11 Å². The molecule has 2 heteroatoms. The molecule has 1 aromatic carbocycles. The van der Waals surface area contributed by atoms with Crippen molar-refractivity contribution in [3.8, 4) is 0 Å². The quantitative estimate of drug-likeness (QED) is 0.790. The van der Waals surface area contributed by atoms with E-state index in [1.807, 2.05) is 24.3 Å². The van der Waals surface area contributed by atoms with Gasteiger partial charge in [-0.3, -0.25) is 4.79 Å². The first-order valence-corrected chi connectivity index (χ1v) is 5.64. The van der Waals surface area contributed by atoms with Crippen LogP contribution in [-0.4, -0.2) is 11.1 Å². The van der Waals surface area contributed by atoms with Crippen molar-refractivity contribution in [1.29, 1.82) is 0 Å². The number of benzene rings is 1. The topological polar surface area (TPSA) is 37.3 Å². The van der Waals surface area contributed by atoms with Gasteiger partial charge >= 0.3 is 5.97 Å². The molecule has 16 heavy (non-hydrogen) atoms. The summed E-state index contributed by atoms with van der Waals surface area (Å²) in [6.07, 6.45) is 4.36. The molecule has 0 heterocycles. The molecule has 86 valence electrons. The van der Waals surface area contributed by atoms with Crippen molar-refractivity contribution in [3.63, 3.8) is 0 Å². The van der Waals surface area contributed by atoms with Gasteiger partial charge in [-0.1, -0.05) is 56.7 Å². The Morgan fingerprint density at radius 2 is 2.19 bits per heavy atom. The van der Waals surface area contributed by atoms with Gasteiger partial charge in [-0.2, -0.15) is 0 Å². The average molecular weight is 218 g/mol. The predicted octanol–water partition coefficient (Wildman–Crippen LogP) is 3.69. The third-order valence-corrected chi connectivity index (χ3v) is 2.74. The highest BCUT2D eigenvalue weighted by molar-refractivity contribution is 5.78. The highest BCUT2D eigenvalue weighted by atomic mass is 16.4. The lowest BCUT2D eigenvalue weighted by atomic mass is 9.90. The first-order valence-electron chi connectivity index (χ1n) is 5.64. The van der Waals surface area contributed by atoms with Crippen LogP contribution in [0.4, 0.5) is 0 Å². The van der Waals surface area contributed by atoms with Crippen LogP contribution in [0.2, 0.25) is 0 Å². The number of rotatable bonds is 6. The van der Waals surface area contributed by atoms with Crippen molar-refractivity contribution in [2.75, 3.05) is 0 Å². The van der Waals surface area contributed by atoms with Crippen LogP contribution in [0.1, 0.15) is 43.2 Å². The van der Waals surface area contributed by atoms with Crippen LogP contribution >= 0.6 is 0 Å². The Morgan fingerprint density at radius 1 is 1.50 bits per heavy atom. The van der Waals surface area contributed by atoms with Crippen LogP contribution in [0.15, 0.2) is 30.8 Å². The van der Waals surface area contributed by atoms with E-state index in [9.17, 15) is 9.90 Å². The third kappa shape index (κ3) is 2.96. The molecule has 1 unspecified atom stereocenters. The third-order valence-electron chi connectivity index (χ3n) is 2.74. The SMILES string of the molecule is C=Cc1ccccc1C(CCCC)C(=O)O. The second-order valence-electron chi connectivity index (χ2n) is 3.87. The molecule has 0 saturated heterocycles. The fourth-order valence-corrected chi connectivity index (χ4v) is 1.83. The maximum atomic E-state index is 11.2. The molecule has 0 aromatic heterocycles. The molecule has 0 aliphatic heterocycles. The number of carboxylic acids is 1. The minimum Gasteiger partial charge on any atom is -0.481 e. The van der Waals surface area contributed by atoms with Crippen molar-refractivity contribution in [2.24, 2.45) is 0 Å². The minimum absolute atomic E-state index is 0.408. The van der Waals surface area contributed by atoms with Gasteiger partial charge in [-0.15, -0.1) is 0 Å². The Balaban J connectivity index is 3.00. The molecule has 0 aliphatic rings. The number of hydrogen-bond donors (Lipinski definition) is 1. The summed E-state index contributed by atoms with van der Waals surface area (Å²) in [5.74, 6) is -1.16. The molecule has 0 fully saturated rings. The molecule has 0 radical (unpaired) electrons. The molecule has 1 aromatic rings. The van der Waals surface area contributed by atoms with Gasteiger partial charge in [0.25, 0.3) is 0 Å². The Labute approximate surface area is 96.6 Å². The van der Waals surface area contributed by atoms with Crippen LogP contribution in [0, 0.1) is 0 Å². The van der Waals surface area contributed by atoms with Crippen molar-refractivity contribution in [2.45, 2.75) is 32.1 Å². The average Bonchev–Trinajstić information content (AvgIpc) is 2.29. The highest BCUT2D eigenvalue weighted by Gasteiger charge is 2.20. The Bertz CT molecular complexity index is 369. The van der Waals surface area contributed by atoms with E-state index in [2.05, 4.69) is 13.5 Å². The zero-order valence-corrected chi connectivity index (χ0v) is 9.65. The molecule has 0 amide bonds. The van der Waals surface area contributed by atoms with Gasteiger partial charge in [-0.25, -0.2) is 0 Å². The summed E-state index contributed by atoms with van der Waals surface area (Å²) < 4.78 is 0. The molecular formula is C14H18O2. The number of carbonyl (C=O) groups is 1. The van der Waals surface area contributed by atoms with Crippen LogP contribution in [0.3, 0.4) is 0 Å². The summed E-state index contributed by atoms with van der Waals surface area (Å²) in [7, 11) is 0. The summed E-state index contributed by atoms with van der Waals surface area (Å²) in [4.78, 5) is 11.2. The number of aliphatic carboxylic acids is 1. The summed E-state index contributed by atoms with van der Waals surface area (Å²) in [6.45, 7) is 5.79. The van der Waals surface area contributed by atoms with Crippen LogP contribution in [-0.2, 0) is 4.79 Å². The Hall–Kier alpha value is -1.57. The molecule has 2 nitrogen and oxygen atoms in total. The lowest BCUT2D eigenvalue weighted by Crippen LogP contribution is -2.12. The summed E-state index contributed by atoms with van der Waals surface area (Å²) in [5.41, 5.74) is 1.80. The molecular weight excluding hydrogens is 200 g/mol. The van der Waals surface area contributed by atoms with Crippen LogP contribution in [0.5, 0.6) is 0 Å². The van der Waals surface area contributed by atoms with Gasteiger partial charge in [0, 0.05) is 0 Å². The van der Waals surface area contributed by atoms with Crippen LogP contribution < -0.4 is 0 Å². The van der Waals surface area contributed by atoms with E-state index in [1.54, 1.807) is 6.08 Å². The predicted molar refractivity (Wildman–Crippen MR) is 66.4 cm³/mol. The maximum Gasteiger partial charge on any atom is 0.310 e. The lowest BCUT2D eigenvalue weighted by Gasteiger charge is -2.14. The van der Waals surface area contributed by atoms with E-state index in [1.165, 1.54) is 0 Å². The first kappa shape index (κ1) is 12.5. The zero-order chi connectivity index (χ0) is 12.0. The normalized spacial score (nSPS) is 12.1. The zero-order valence-electron chi connectivity index (χ0n) is 9.65. The van der Waals surface area contributed by atoms with Crippen LogP contribution in [0.25, 0.3) is 6.08 Å². The van der Waals surface area contributed by atoms with E-state index < -0.39 is 11.9 Å². The largest absolute Gasteiger partial charge is 0.481 e. The number of carboxylic acid groups (broad SMARTS) is 1. The lowest BCUT2D eigenvalue weighted by molar-refractivity contribution is -0.139. The molecule has 0 aliphatic carbocycles. The number of hydrogen-bond acceptors (Lipinski definition) is 1. The molecule has 1 N–H and O–H groups in total. The highest BCUT2D eigenvalue weighted by Crippen LogP contribution is 2.26. The van der Waals surface area contributed by atoms with Gasteiger partial charge in [0.15, 0.2) is 0 Å². The van der Waals surface area contributed by atoms with Gasteiger partial charge in [-0.05, 0) is 17.5 Å². The van der Waals surface area contributed by atoms with E-state index in [0.717, 1.165) is 24.0 Å². The molecule has 0 spiro atoms. The molecule has 1 atom stereocenters. The fourth-order valence-electron chi connectivity index (χ4n) is 1.83. The van der Waals surface area contributed by atoms with Crippen molar-refractivity contribution < 1.29 is 9.90 Å². The minimum atomic E-state index is -0.747. The smallest absolute Gasteiger partial charge is 0.310 e. The van der Waals surface area contributed by atoms with E-state index in [0.29, 0.717) is 6.42 Å². The standard InChI is InChI=1S/C14H18O2/c1-3-5-9-13(14(15)16)12-10-7-6-8-11(12)4-2/h4,6-8,10,13H,2-3,5,9H2,1H3,(H,15,16). The van der Waals surface area contributed by atoms with Crippen molar-refractivity contribution >= 4 is 12.0 Å². The summed E-state index contributed by atoms with van der Waals surface area (Å²) >= 11 is 0. The number of unbranched alkanes of at least 4 members (excludes halogenated alkanes) is 1. The Kier molecular flexibility index (Phi) is 4.77. The Morgan fingerprint density at radius 3 is 2.75 bits per heavy atom. The van der Waals surface area contributed by atoms with Gasteiger partial charge in [0.05, 0.1) is 5.92 Å². The molecule has 1 rings (SSSR count). The molecule has 0 bridgehead atoms. The monoisotopic (exact) mass is 218 g/mol. The summed E-state index contributed by atoms with van der Waals surface area (Å²) in [5, 5.41) is 9.24. The second-order valence-corrected chi connectivity index (χ2v) is 3.87. The second kappa shape index (κ2) is 6.11. The molecule has 0 saturated carbocycles. The maximum absolute atomic E-state index is 11.2.